The molecule has 2 N–H and O–H groups in total. The number of hydrogen-bond donors (Lipinski definition) is 2. The molecule has 5 nitrogen and oxygen atoms in total. The lowest BCUT2D eigenvalue weighted by molar-refractivity contribution is -0.124. The van der Waals surface area contributed by atoms with E-state index in [9.17, 15) is 9.59 Å². The van der Waals surface area contributed by atoms with Crippen molar-refractivity contribution in [3.8, 4) is 5.75 Å². The summed E-state index contributed by atoms with van der Waals surface area (Å²) in [6.07, 6.45) is 5.58. The summed E-state index contributed by atoms with van der Waals surface area (Å²) in [6.45, 7) is -0.100. The molecule has 0 bridgehead atoms. The van der Waals surface area contributed by atoms with E-state index in [0.29, 0.717) is 10.2 Å². The zero-order valence-electron chi connectivity index (χ0n) is 11.6. The molecule has 1 aromatic rings. The zero-order valence-corrected chi connectivity index (χ0v) is 13.2. The number of amides is 1. The van der Waals surface area contributed by atoms with Crippen molar-refractivity contribution in [2.75, 3.05) is 6.61 Å². The Bertz CT molecular complexity index is 526. The number of carboxylic acids is 1. The van der Waals surface area contributed by atoms with Crippen molar-refractivity contribution in [2.24, 2.45) is 0 Å². The molecular formula is C15H18BrNO4. The lowest BCUT2D eigenvalue weighted by Gasteiger charge is -2.22. The maximum absolute atomic E-state index is 11.8. The Morgan fingerprint density at radius 2 is 2.00 bits per heavy atom. The fraction of sp³-hybridized carbons (Fsp3) is 0.467. The summed E-state index contributed by atoms with van der Waals surface area (Å²) in [6, 6.07) is 4.87. The van der Waals surface area contributed by atoms with E-state index in [1.54, 1.807) is 12.1 Å². The van der Waals surface area contributed by atoms with Crippen LogP contribution < -0.4 is 10.1 Å². The Balaban J connectivity index is 1.86. The molecule has 0 radical (unpaired) electrons. The van der Waals surface area contributed by atoms with Crippen LogP contribution in [0.4, 0.5) is 0 Å². The summed E-state index contributed by atoms with van der Waals surface area (Å²) in [5.74, 6) is -0.838. The predicted octanol–water partition coefficient (Wildman–Crippen LogP) is 2.98. The van der Waals surface area contributed by atoms with Gasteiger partial charge in [-0.25, -0.2) is 4.79 Å². The van der Waals surface area contributed by atoms with Crippen molar-refractivity contribution in [1.82, 2.24) is 5.32 Å². The second-order valence-electron chi connectivity index (χ2n) is 5.14. The van der Waals surface area contributed by atoms with E-state index >= 15 is 0 Å². The fourth-order valence-corrected chi connectivity index (χ4v) is 2.84. The van der Waals surface area contributed by atoms with Crippen LogP contribution >= 0.6 is 15.9 Å². The molecule has 6 heteroatoms. The summed E-state index contributed by atoms with van der Waals surface area (Å²) in [5, 5.41) is 12.0. The molecule has 1 saturated carbocycles. The number of nitrogens with one attached hydrogen (secondary N) is 1. The predicted molar refractivity (Wildman–Crippen MR) is 81.6 cm³/mol. The molecule has 0 unspecified atom stereocenters. The van der Waals surface area contributed by atoms with Gasteiger partial charge >= 0.3 is 5.97 Å². The van der Waals surface area contributed by atoms with Crippen LogP contribution in [-0.2, 0) is 4.79 Å². The standard InChI is InChI=1S/C15H18BrNO4/c16-13-7-6-11(8-12(13)15(19)20)21-9-14(18)17-10-4-2-1-3-5-10/h6-8,10H,1-5,9H2,(H,17,18)(H,19,20). The largest absolute Gasteiger partial charge is 0.484 e. The van der Waals surface area contributed by atoms with Crippen LogP contribution in [0.25, 0.3) is 0 Å². The van der Waals surface area contributed by atoms with Crippen LogP contribution in [0, 0.1) is 0 Å². The molecule has 0 spiro atoms. The summed E-state index contributed by atoms with van der Waals surface area (Å²) in [7, 11) is 0. The average Bonchev–Trinajstić information content (AvgIpc) is 2.47. The molecule has 1 aliphatic rings. The number of ether oxygens (including phenoxy) is 1. The van der Waals surface area contributed by atoms with Crippen molar-refractivity contribution in [3.63, 3.8) is 0 Å². The summed E-state index contributed by atoms with van der Waals surface area (Å²) in [4.78, 5) is 22.8. The lowest BCUT2D eigenvalue weighted by atomic mass is 9.95. The van der Waals surface area contributed by atoms with Crippen LogP contribution in [-0.4, -0.2) is 29.6 Å². The first-order chi connectivity index (χ1) is 10.1. The van der Waals surface area contributed by atoms with E-state index in [-0.39, 0.29) is 24.1 Å². The van der Waals surface area contributed by atoms with Crippen molar-refractivity contribution in [1.29, 1.82) is 0 Å². The van der Waals surface area contributed by atoms with Crippen molar-refractivity contribution in [3.05, 3.63) is 28.2 Å². The summed E-state index contributed by atoms with van der Waals surface area (Å²) >= 11 is 3.16. The minimum Gasteiger partial charge on any atom is -0.484 e. The minimum atomic E-state index is -1.04. The first kappa shape index (κ1) is 15.8. The van der Waals surface area contributed by atoms with E-state index in [1.807, 2.05) is 0 Å². The molecular weight excluding hydrogens is 338 g/mol. The maximum atomic E-state index is 11.8. The number of rotatable bonds is 5. The monoisotopic (exact) mass is 355 g/mol. The Kier molecular flexibility index (Phi) is 5.61. The van der Waals surface area contributed by atoms with E-state index in [1.165, 1.54) is 12.5 Å². The lowest BCUT2D eigenvalue weighted by Crippen LogP contribution is -2.38. The number of benzene rings is 1. The molecule has 21 heavy (non-hydrogen) atoms. The Morgan fingerprint density at radius 3 is 2.67 bits per heavy atom. The topological polar surface area (TPSA) is 75.6 Å². The zero-order chi connectivity index (χ0) is 15.2. The second-order valence-corrected chi connectivity index (χ2v) is 5.99. The molecule has 0 saturated heterocycles. The highest BCUT2D eigenvalue weighted by Crippen LogP contribution is 2.22. The quantitative estimate of drug-likeness (QED) is 0.851. The normalized spacial score (nSPS) is 15.5. The van der Waals surface area contributed by atoms with Gasteiger partial charge in [0.25, 0.3) is 5.91 Å². The first-order valence-electron chi connectivity index (χ1n) is 7.01. The van der Waals surface area contributed by atoms with Gasteiger partial charge in [-0.3, -0.25) is 4.79 Å². The molecule has 114 valence electrons. The van der Waals surface area contributed by atoms with Crippen molar-refractivity contribution in [2.45, 2.75) is 38.1 Å². The van der Waals surface area contributed by atoms with E-state index in [4.69, 9.17) is 9.84 Å². The van der Waals surface area contributed by atoms with Gasteiger partial charge in [-0.2, -0.15) is 0 Å². The minimum absolute atomic E-state index is 0.100. The van der Waals surface area contributed by atoms with E-state index < -0.39 is 5.97 Å². The first-order valence-corrected chi connectivity index (χ1v) is 7.80. The number of carboxylic acid groups (broad SMARTS) is 1. The average molecular weight is 356 g/mol. The molecule has 1 amide bonds. The van der Waals surface area contributed by atoms with Gasteiger partial charge in [0, 0.05) is 10.5 Å². The van der Waals surface area contributed by atoms with Gasteiger partial charge < -0.3 is 15.2 Å². The Labute approximate surface area is 131 Å². The van der Waals surface area contributed by atoms with Gasteiger partial charge in [-0.1, -0.05) is 19.3 Å². The SMILES string of the molecule is O=C(COc1ccc(Br)c(C(=O)O)c1)NC1CCCCC1. The van der Waals surface area contributed by atoms with Gasteiger partial charge in [0.05, 0.1) is 5.56 Å². The molecule has 0 aliphatic heterocycles. The van der Waals surface area contributed by atoms with Gasteiger partial charge in [0.15, 0.2) is 6.61 Å². The van der Waals surface area contributed by atoms with Gasteiger partial charge in [0.1, 0.15) is 5.75 Å². The molecule has 1 fully saturated rings. The number of carbonyl (C=O) groups is 2. The van der Waals surface area contributed by atoms with Crippen LogP contribution in [0.3, 0.4) is 0 Å². The Hall–Kier alpha value is -1.56. The van der Waals surface area contributed by atoms with Gasteiger partial charge in [-0.15, -0.1) is 0 Å². The van der Waals surface area contributed by atoms with Crippen LogP contribution in [0.1, 0.15) is 42.5 Å². The molecule has 1 aromatic carbocycles. The van der Waals surface area contributed by atoms with Gasteiger partial charge in [0.2, 0.25) is 0 Å². The maximum Gasteiger partial charge on any atom is 0.336 e. The van der Waals surface area contributed by atoms with Crippen LogP contribution in [0.2, 0.25) is 0 Å². The number of halogens is 1. The highest BCUT2D eigenvalue weighted by atomic mass is 79.9. The van der Waals surface area contributed by atoms with Crippen LogP contribution in [0.5, 0.6) is 5.75 Å². The number of aromatic carboxylic acids is 1. The molecule has 1 aliphatic carbocycles. The van der Waals surface area contributed by atoms with Crippen molar-refractivity contribution < 1.29 is 19.4 Å². The fourth-order valence-electron chi connectivity index (χ4n) is 2.42. The second kappa shape index (κ2) is 7.45. The third-order valence-corrected chi connectivity index (χ3v) is 4.20. The molecule has 0 aromatic heterocycles. The summed E-state index contributed by atoms with van der Waals surface area (Å²) < 4.78 is 5.84. The molecule has 2 rings (SSSR count). The summed E-state index contributed by atoms with van der Waals surface area (Å²) in [5.41, 5.74) is 0.111. The number of hydrogen-bond acceptors (Lipinski definition) is 3. The number of carbonyl (C=O) groups excluding carboxylic acids is 1. The third-order valence-electron chi connectivity index (χ3n) is 3.51. The van der Waals surface area contributed by atoms with Crippen LogP contribution in [0.15, 0.2) is 22.7 Å². The smallest absolute Gasteiger partial charge is 0.336 e. The highest BCUT2D eigenvalue weighted by Gasteiger charge is 2.16. The van der Waals surface area contributed by atoms with Crippen molar-refractivity contribution >= 4 is 27.8 Å². The molecule has 0 heterocycles. The third kappa shape index (κ3) is 4.74. The van der Waals surface area contributed by atoms with Gasteiger partial charge in [-0.05, 0) is 47.0 Å². The Morgan fingerprint density at radius 1 is 1.29 bits per heavy atom. The molecule has 0 atom stereocenters. The van der Waals surface area contributed by atoms with E-state index in [0.717, 1.165) is 25.7 Å². The highest BCUT2D eigenvalue weighted by molar-refractivity contribution is 9.10. The van der Waals surface area contributed by atoms with E-state index in [2.05, 4.69) is 21.2 Å².